The molecule has 0 N–H and O–H groups in total. The fourth-order valence-electron chi connectivity index (χ4n) is 7.00. The van der Waals surface area contributed by atoms with Gasteiger partial charge in [-0.25, -0.2) is 4.79 Å². The van der Waals surface area contributed by atoms with E-state index in [1.807, 2.05) is 25.7 Å². The van der Waals surface area contributed by atoms with Gasteiger partial charge in [0.1, 0.15) is 5.60 Å². The van der Waals surface area contributed by atoms with Crippen LogP contribution in [0.1, 0.15) is 208 Å². The summed E-state index contributed by atoms with van der Waals surface area (Å²) in [6.45, 7) is 13.6. The van der Waals surface area contributed by atoms with Crippen molar-refractivity contribution in [1.82, 2.24) is 4.90 Å². The standard InChI is InChI=1S/C45H81NO2/c1-7-9-11-13-15-17-19-21-23-25-27-29-31-33-35-37-39-45(41-46(42(45)3)43(47)48-44(4,5)6)40-38-36-34-32-30-28-26-24-22-20-18-16-14-12-10-8-2/h15-18,21-24,42H,7-14,19-20,25-41H2,1-6H3. The van der Waals surface area contributed by atoms with Crippen molar-refractivity contribution in [3.63, 3.8) is 0 Å². The number of carbonyl (C=O) groups is 1. The molecule has 1 aliphatic rings. The summed E-state index contributed by atoms with van der Waals surface area (Å²) in [6, 6.07) is 0.281. The van der Waals surface area contributed by atoms with E-state index < -0.39 is 5.60 Å². The predicted octanol–water partition coefficient (Wildman–Crippen LogP) is 15.0. The smallest absolute Gasteiger partial charge is 0.410 e. The molecule has 0 spiro atoms. The van der Waals surface area contributed by atoms with Gasteiger partial charge in [0.2, 0.25) is 0 Å². The van der Waals surface area contributed by atoms with Crippen molar-refractivity contribution in [1.29, 1.82) is 0 Å². The van der Waals surface area contributed by atoms with E-state index in [1.54, 1.807) is 0 Å². The van der Waals surface area contributed by atoms with E-state index >= 15 is 0 Å². The Kier molecular flexibility index (Phi) is 26.7. The number of hydrogen-bond acceptors (Lipinski definition) is 2. The minimum atomic E-state index is -0.434. The van der Waals surface area contributed by atoms with Crippen LogP contribution in [0.2, 0.25) is 0 Å². The van der Waals surface area contributed by atoms with Gasteiger partial charge >= 0.3 is 6.09 Å². The Hall–Kier alpha value is -1.77. The highest BCUT2D eigenvalue weighted by Crippen LogP contribution is 2.47. The van der Waals surface area contributed by atoms with Crippen LogP contribution in [-0.4, -0.2) is 29.2 Å². The third kappa shape index (κ3) is 22.8. The summed E-state index contributed by atoms with van der Waals surface area (Å²) in [7, 11) is 0. The summed E-state index contributed by atoms with van der Waals surface area (Å²) in [4.78, 5) is 14.9. The van der Waals surface area contributed by atoms with Gasteiger partial charge in [0.05, 0.1) is 0 Å². The lowest BCUT2D eigenvalue weighted by molar-refractivity contribution is -0.0838. The molecule has 1 atom stereocenters. The van der Waals surface area contributed by atoms with Crippen molar-refractivity contribution in [3.8, 4) is 0 Å². The van der Waals surface area contributed by atoms with Crippen LogP contribution in [0, 0.1) is 5.41 Å². The molecule has 3 heteroatoms. The minimum Gasteiger partial charge on any atom is -0.444 e. The van der Waals surface area contributed by atoms with E-state index in [9.17, 15) is 4.79 Å². The Bertz CT molecular complexity index is 828. The van der Waals surface area contributed by atoms with Crippen molar-refractivity contribution in [3.05, 3.63) is 48.6 Å². The molecule has 0 saturated carbocycles. The van der Waals surface area contributed by atoms with E-state index in [4.69, 9.17) is 4.74 Å². The lowest BCUT2D eigenvalue weighted by Gasteiger charge is -2.56. The second kappa shape index (κ2) is 29.0. The first-order valence-corrected chi connectivity index (χ1v) is 20.9. The highest BCUT2D eigenvalue weighted by Gasteiger charge is 2.51. The first-order valence-electron chi connectivity index (χ1n) is 20.9. The number of rotatable bonds is 30. The Morgan fingerprint density at radius 2 is 0.938 bits per heavy atom. The molecular formula is C45H81NO2. The van der Waals surface area contributed by atoms with Gasteiger partial charge in [0.25, 0.3) is 0 Å². The van der Waals surface area contributed by atoms with Crippen LogP contribution >= 0.6 is 0 Å². The predicted molar refractivity (Wildman–Crippen MR) is 213 cm³/mol. The van der Waals surface area contributed by atoms with Gasteiger partial charge in [-0.15, -0.1) is 0 Å². The average molecular weight is 668 g/mol. The van der Waals surface area contributed by atoms with Crippen molar-refractivity contribution >= 4 is 6.09 Å². The molecule has 0 aliphatic carbocycles. The lowest BCUT2D eigenvalue weighted by atomic mass is 9.66. The molecule has 3 nitrogen and oxygen atoms in total. The first kappa shape index (κ1) is 44.3. The Labute approximate surface area is 300 Å². The molecule has 1 saturated heterocycles. The molecule has 0 bridgehead atoms. The molecule has 1 fully saturated rings. The average Bonchev–Trinajstić information content (AvgIpc) is 3.05. The maximum atomic E-state index is 12.9. The van der Waals surface area contributed by atoms with E-state index in [-0.39, 0.29) is 17.6 Å². The Balaban J connectivity index is 2.27. The molecule has 1 unspecified atom stereocenters. The number of carbonyl (C=O) groups excluding carboxylic acids is 1. The molecule has 278 valence electrons. The van der Waals surface area contributed by atoms with Crippen molar-refractivity contribution in [2.75, 3.05) is 6.54 Å². The fourth-order valence-corrected chi connectivity index (χ4v) is 7.00. The highest BCUT2D eigenvalue weighted by atomic mass is 16.6. The molecule has 0 aromatic carbocycles. The summed E-state index contributed by atoms with van der Waals surface area (Å²) >= 11 is 0. The topological polar surface area (TPSA) is 29.5 Å². The quantitative estimate of drug-likeness (QED) is 0.0563. The molecule has 1 heterocycles. The van der Waals surface area contributed by atoms with Gasteiger partial charge in [-0.3, -0.25) is 0 Å². The van der Waals surface area contributed by atoms with Gasteiger partial charge in [-0.1, -0.05) is 152 Å². The maximum absolute atomic E-state index is 12.9. The molecule has 1 amide bonds. The summed E-state index contributed by atoms with van der Waals surface area (Å²) in [5.41, 5.74) is -0.155. The van der Waals surface area contributed by atoms with E-state index in [0.29, 0.717) is 0 Å². The summed E-state index contributed by atoms with van der Waals surface area (Å²) in [5, 5.41) is 0. The summed E-state index contributed by atoms with van der Waals surface area (Å²) < 4.78 is 5.75. The first-order chi connectivity index (χ1) is 23.3. The largest absolute Gasteiger partial charge is 0.444 e. The van der Waals surface area contributed by atoms with Gasteiger partial charge < -0.3 is 9.64 Å². The van der Waals surface area contributed by atoms with Crippen LogP contribution in [0.5, 0.6) is 0 Å². The third-order valence-corrected chi connectivity index (χ3v) is 10.2. The van der Waals surface area contributed by atoms with Crippen LogP contribution < -0.4 is 0 Å². The van der Waals surface area contributed by atoms with Crippen LogP contribution in [0.25, 0.3) is 0 Å². The van der Waals surface area contributed by atoms with E-state index in [1.165, 1.54) is 154 Å². The van der Waals surface area contributed by atoms with Crippen molar-refractivity contribution in [2.45, 2.75) is 220 Å². The van der Waals surface area contributed by atoms with Gasteiger partial charge in [-0.05, 0) is 105 Å². The van der Waals surface area contributed by atoms with E-state index in [0.717, 1.165) is 19.4 Å². The lowest BCUT2D eigenvalue weighted by Crippen LogP contribution is -2.65. The van der Waals surface area contributed by atoms with Crippen molar-refractivity contribution in [2.24, 2.45) is 5.41 Å². The fraction of sp³-hybridized carbons (Fsp3) is 0.800. The third-order valence-electron chi connectivity index (χ3n) is 10.2. The molecule has 1 rings (SSSR count). The van der Waals surface area contributed by atoms with Gasteiger partial charge in [-0.2, -0.15) is 0 Å². The number of amides is 1. The number of nitrogens with zero attached hydrogens (tertiary/aromatic N) is 1. The number of allylic oxidation sites excluding steroid dienone is 8. The zero-order valence-electron chi connectivity index (χ0n) is 33.1. The molecule has 1 aliphatic heterocycles. The summed E-state index contributed by atoms with van der Waals surface area (Å²) in [6.07, 6.45) is 52.2. The van der Waals surface area contributed by atoms with Crippen LogP contribution in [0.3, 0.4) is 0 Å². The summed E-state index contributed by atoms with van der Waals surface area (Å²) in [5.74, 6) is 0. The Morgan fingerprint density at radius 3 is 1.29 bits per heavy atom. The molecule has 0 aromatic rings. The second-order valence-corrected chi connectivity index (χ2v) is 15.8. The van der Waals surface area contributed by atoms with Gasteiger partial charge in [0, 0.05) is 18.0 Å². The van der Waals surface area contributed by atoms with Crippen LogP contribution in [0.4, 0.5) is 4.79 Å². The number of hydrogen-bond donors (Lipinski definition) is 0. The normalized spacial score (nSPS) is 18.6. The van der Waals surface area contributed by atoms with Crippen LogP contribution in [-0.2, 0) is 4.74 Å². The minimum absolute atomic E-state index is 0.125. The SMILES string of the molecule is CCCCCC=CCC=CCCCCCCCCC1(CCCCCCCCC=CCC=CCCCCC)CN(C(=O)OC(C)(C)C)C1C. The van der Waals surface area contributed by atoms with Crippen LogP contribution in [0.15, 0.2) is 48.6 Å². The zero-order valence-corrected chi connectivity index (χ0v) is 33.1. The van der Waals surface area contributed by atoms with Gasteiger partial charge in [0.15, 0.2) is 0 Å². The maximum Gasteiger partial charge on any atom is 0.410 e. The Morgan fingerprint density at radius 1 is 0.583 bits per heavy atom. The zero-order chi connectivity index (χ0) is 35.2. The second-order valence-electron chi connectivity index (χ2n) is 15.8. The molecule has 0 aromatic heterocycles. The number of ether oxygens (including phenoxy) is 1. The molecule has 0 radical (unpaired) electrons. The molecular weight excluding hydrogens is 587 g/mol. The number of unbranched alkanes of at least 4 members (excludes halogenated alkanes) is 18. The monoisotopic (exact) mass is 668 g/mol. The van der Waals surface area contributed by atoms with Crippen molar-refractivity contribution < 1.29 is 9.53 Å². The number of likely N-dealkylation sites (tertiary alicyclic amines) is 1. The highest BCUT2D eigenvalue weighted by molar-refractivity contribution is 5.70. The molecule has 48 heavy (non-hydrogen) atoms. The van der Waals surface area contributed by atoms with E-state index in [2.05, 4.69) is 69.4 Å².